The molecule has 3 N–H and O–H groups in total. The summed E-state index contributed by atoms with van der Waals surface area (Å²) in [5.74, 6) is -0.00799. The van der Waals surface area contributed by atoms with Crippen LogP contribution in [0.2, 0.25) is 10.0 Å². The molecule has 0 unspecified atom stereocenters. The number of aromatic nitrogens is 3. The Labute approximate surface area is 232 Å². The summed E-state index contributed by atoms with van der Waals surface area (Å²) in [6, 6.07) is 7.80. The number of carbonyl (C=O) groups is 2. The van der Waals surface area contributed by atoms with Crippen molar-refractivity contribution in [3.8, 4) is 17.2 Å². The predicted octanol–water partition coefficient (Wildman–Crippen LogP) is 5.36. The Morgan fingerprint density at radius 2 is 1.87 bits per heavy atom. The quantitative estimate of drug-likeness (QED) is 0.243. The van der Waals surface area contributed by atoms with Gasteiger partial charge in [0, 0.05) is 16.8 Å². The number of nitrogens with zero attached hydrogens (tertiary/aromatic N) is 2. The van der Waals surface area contributed by atoms with Gasteiger partial charge in [-0.15, -0.1) is 5.10 Å². The van der Waals surface area contributed by atoms with Crippen LogP contribution in [0.15, 0.2) is 46.0 Å². The van der Waals surface area contributed by atoms with Crippen molar-refractivity contribution in [1.82, 2.24) is 14.8 Å². The van der Waals surface area contributed by atoms with E-state index in [1.807, 2.05) is 26.8 Å². The average molecular weight is 574 g/mol. The van der Waals surface area contributed by atoms with Gasteiger partial charge >= 0.3 is 11.8 Å². The summed E-state index contributed by atoms with van der Waals surface area (Å²) in [7, 11) is 0. The number of allylic oxidation sites excluding steroid dienone is 1. The minimum absolute atomic E-state index is 0.0403. The number of amides is 2. The number of ether oxygens (including phenoxy) is 2. The molecular formula is C26H25Cl2N5O6. The van der Waals surface area contributed by atoms with Crippen molar-refractivity contribution in [1.29, 1.82) is 0 Å². The molecule has 0 aliphatic carbocycles. The van der Waals surface area contributed by atoms with E-state index in [-0.39, 0.29) is 39.9 Å². The number of aromatic amines is 1. The maximum atomic E-state index is 12.5. The number of unbranched alkanes of at least 4 members (excludes halogenated alkanes) is 1. The Morgan fingerprint density at radius 3 is 2.54 bits per heavy atom. The summed E-state index contributed by atoms with van der Waals surface area (Å²) >= 11 is 12.9. The van der Waals surface area contributed by atoms with Gasteiger partial charge in [-0.05, 0) is 42.7 Å². The summed E-state index contributed by atoms with van der Waals surface area (Å²) in [6.45, 7) is 6.04. The third-order valence-electron chi connectivity index (χ3n) is 5.50. The van der Waals surface area contributed by atoms with E-state index in [0.717, 1.165) is 11.1 Å². The maximum Gasteiger partial charge on any atom is 0.413 e. The fourth-order valence-corrected chi connectivity index (χ4v) is 4.27. The molecule has 2 aromatic carbocycles. The molecule has 0 spiro atoms. The van der Waals surface area contributed by atoms with Gasteiger partial charge in [0.1, 0.15) is 5.75 Å². The first-order valence-electron chi connectivity index (χ1n) is 12.1. The standard InChI is InChI=1S/C26H25Cl2N5O6/c1-4-5-8-38-26(37)30-22-24(35)31-25(36)33(32-22)14-10-18(27)21(19(28)11-14)39-15-6-7-20-16(12-15)17(9-13(2)3)23(34)29-20/h6-7,9-13H,4-5,8H2,1-3H3,(H,29,34)(H,30,32,37)(H,31,35,36)/b17-9-. The van der Waals surface area contributed by atoms with Crippen molar-refractivity contribution in [2.24, 2.45) is 5.92 Å². The van der Waals surface area contributed by atoms with E-state index in [4.69, 9.17) is 32.7 Å². The molecule has 2 amide bonds. The molecule has 3 aromatic rings. The number of hydrogen-bond donors (Lipinski definition) is 3. The Balaban J connectivity index is 1.62. The Bertz CT molecular complexity index is 1570. The first-order chi connectivity index (χ1) is 18.6. The molecule has 39 heavy (non-hydrogen) atoms. The maximum absolute atomic E-state index is 12.5. The Morgan fingerprint density at radius 1 is 1.15 bits per heavy atom. The molecule has 1 aliphatic heterocycles. The van der Waals surface area contributed by atoms with Crippen LogP contribution < -0.4 is 26.6 Å². The smallest absolute Gasteiger partial charge is 0.413 e. The number of carbonyl (C=O) groups excluding carboxylic acids is 2. The highest BCUT2D eigenvalue weighted by Crippen LogP contribution is 2.41. The second-order valence-electron chi connectivity index (χ2n) is 8.96. The van der Waals surface area contributed by atoms with Crippen LogP contribution in [0.5, 0.6) is 11.5 Å². The van der Waals surface area contributed by atoms with E-state index < -0.39 is 23.2 Å². The SMILES string of the molecule is CCCCOC(=O)Nc1nn(-c2cc(Cl)c(Oc3ccc4c(c3)/C(=C/C(C)C)C(=O)N4)c(Cl)c2)c(=O)[nH]c1=O. The molecule has 1 aliphatic rings. The second kappa shape index (κ2) is 11.7. The summed E-state index contributed by atoms with van der Waals surface area (Å²) in [6.07, 6.45) is 2.45. The van der Waals surface area contributed by atoms with Crippen molar-refractivity contribution in [3.05, 3.63) is 72.9 Å². The molecule has 0 bridgehead atoms. The van der Waals surface area contributed by atoms with E-state index in [9.17, 15) is 19.2 Å². The predicted molar refractivity (Wildman–Crippen MR) is 148 cm³/mol. The first kappa shape index (κ1) is 27.9. The average Bonchev–Trinajstić information content (AvgIpc) is 3.17. The number of benzene rings is 2. The van der Waals surface area contributed by atoms with Crippen LogP contribution in [0, 0.1) is 5.92 Å². The molecule has 0 atom stereocenters. The molecule has 2 heterocycles. The van der Waals surface area contributed by atoms with E-state index >= 15 is 0 Å². The minimum atomic E-state index is -0.906. The summed E-state index contributed by atoms with van der Waals surface area (Å²) in [5, 5.41) is 9.05. The number of H-pyrrole nitrogens is 1. The summed E-state index contributed by atoms with van der Waals surface area (Å²) < 4.78 is 11.7. The zero-order valence-electron chi connectivity index (χ0n) is 21.3. The van der Waals surface area contributed by atoms with Gasteiger partial charge in [0.15, 0.2) is 5.75 Å². The number of hydrogen-bond acceptors (Lipinski definition) is 7. The van der Waals surface area contributed by atoms with Crippen LogP contribution in [0.4, 0.5) is 16.3 Å². The number of fused-ring (bicyclic) bond motifs is 1. The lowest BCUT2D eigenvalue weighted by Crippen LogP contribution is -2.34. The van der Waals surface area contributed by atoms with Gasteiger partial charge in [0.25, 0.3) is 11.5 Å². The number of nitrogens with one attached hydrogen (secondary N) is 3. The van der Waals surface area contributed by atoms with Crippen molar-refractivity contribution >= 4 is 52.3 Å². The van der Waals surface area contributed by atoms with Gasteiger partial charge in [-0.25, -0.2) is 9.59 Å². The fraction of sp³-hybridized carbons (Fsp3) is 0.269. The zero-order valence-corrected chi connectivity index (χ0v) is 22.8. The van der Waals surface area contributed by atoms with Crippen molar-refractivity contribution < 1.29 is 19.1 Å². The minimum Gasteiger partial charge on any atom is -0.454 e. The van der Waals surface area contributed by atoms with E-state index in [2.05, 4.69) is 20.7 Å². The lowest BCUT2D eigenvalue weighted by Gasteiger charge is -2.13. The number of rotatable bonds is 8. The number of anilines is 2. The van der Waals surface area contributed by atoms with Crippen LogP contribution in [0.25, 0.3) is 11.3 Å². The van der Waals surface area contributed by atoms with Gasteiger partial charge in [0.05, 0.1) is 22.3 Å². The number of halogens is 2. The third-order valence-corrected chi connectivity index (χ3v) is 6.06. The van der Waals surface area contributed by atoms with Gasteiger partial charge in [0.2, 0.25) is 5.82 Å². The molecule has 4 rings (SSSR count). The first-order valence-corrected chi connectivity index (χ1v) is 12.8. The molecule has 0 radical (unpaired) electrons. The third kappa shape index (κ3) is 6.32. The van der Waals surface area contributed by atoms with Gasteiger partial charge in [-0.2, -0.15) is 4.68 Å². The fourth-order valence-electron chi connectivity index (χ4n) is 3.71. The van der Waals surface area contributed by atoms with Crippen LogP contribution in [0.1, 0.15) is 39.2 Å². The Hall–Kier alpha value is -4.09. The lowest BCUT2D eigenvalue weighted by atomic mass is 10.0. The largest absolute Gasteiger partial charge is 0.454 e. The van der Waals surface area contributed by atoms with Crippen LogP contribution >= 0.6 is 23.2 Å². The van der Waals surface area contributed by atoms with E-state index in [0.29, 0.717) is 29.0 Å². The molecule has 0 saturated carbocycles. The molecule has 204 valence electrons. The second-order valence-corrected chi connectivity index (χ2v) is 9.78. The summed E-state index contributed by atoms with van der Waals surface area (Å²) in [4.78, 5) is 51.0. The lowest BCUT2D eigenvalue weighted by molar-refractivity contribution is -0.110. The van der Waals surface area contributed by atoms with Crippen molar-refractivity contribution in [2.45, 2.75) is 33.6 Å². The van der Waals surface area contributed by atoms with Gasteiger partial charge in [-0.1, -0.05) is 56.5 Å². The molecule has 1 aromatic heterocycles. The monoisotopic (exact) mass is 573 g/mol. The van der Waals surface area contributed by atoms with Crippen LogP contribution in [-0.4, -0.2) is 33.4 Å². The van der Waals surface area contributed by atoms with Crippen LogP contribution in [-0.2, 0) is 9.53 Å². The topological polar surface area (TPSA) is 144 Å². The highest BCUT2D eigenvalue weighted by atomic mass is 35.5. The Kier molecular flexibility index (Phi) is 8.41. The molecular weight excluding hydrogens is 549 g/mol. The zero-order chi connectivity index (χ0) is 28.3. The highest BCUT2D eigenvalue weighted by Gasteiger charge is 2.25. The highest BCUT2D eigenvalue weighted by molar-refractivity contribution is 6.37. The molecule has 0 fully saturated rings. The van der Waals surface area contributed by atoms with E-state index in [1.165, 1.54) is 12.1 Å². The van der Waals surface area contributed by atoms with E-state index in [1.54, 1.807) is 18.2 Å². The van der Waals surface area contributed by atoms with Crippen molar-refractivity contribution in [3.63, 3.8) is 0 Å². The van der Waals surface area contributed by atoms with Crippen LogP contribution in [0.3, 0.4) is 0 Å². The normalized spacial score (nSPS) is 13.4. The van der Waals surface area contributed by atoms with Gasteiger partial charge < -0.3 is 14.8 Å². The van der Waals surface area contributed by atoms with Gasteiger partial charge in [-0.3, -0.25) is 19.9 Å². The molecule has 13 heteroatoms. The van der Waals surface area contributed by atoms with Crippen molar-refractivity contribution in [2.75, 3.05) is 17.2 Å². The summed E-state index contributed by atoms with van der Waals surface area (Å²) in [5.41, 5.74) is 0.204. The molecule has 0 saturated heterocycles. The molecule has 11 nitrogen and oxygen atoms in total.